The highest BCUT2D eigenvalue weighted by Gasteiger charge is 2.33. The maximum Gasteiger partial charge on any atom is 0.338 e. The Kier molecular flexibility index (Phi) is 7.07. The third-order valence-electron chi connectivity index (χ3n) is 5.57. The van der Waals surface area contributed by atoms with E-state index in [-0.39, 0.29) is 11.1 Å². The molecular weight excluding hydrogens is 484 g/mol. The molecule has 0 saturated carbocycles. The quantitative estimate of drug-likeness (QED) is 0.372. The molecule has 1 aliphatic heterocycles. The first-order valence-electron chi connectivity index (χ1n) is 10.9. The summed E-state index contributed by atoms with van der Waals surface area (Å²) in [6.07, 6.45) is 1.69. The highest BCUT2D eigenvalue weighted by Crippen LogP contribution is 2.35. The van der Waals surface area contributed by atoms with Gasteiger partial charge in [-0.3, -0.25) is 14.2 Å². The number of carbonyl (C=O) groups is 2. The molecule has 1 aromatic heterocycles. The van der Waals surface area contributed by atoms with Crippen molar-refractivity contribution in [2.24, 2.45) is 4.99 Å². The number of methoxy groups -OCH3 is 3. The number of carbonyl (C=O) groups excluding carboxylic acids is 2. The van der Waals surface area contributed by atoms with Crippen molar-refractivity contribution in [1.29, 1.82) is 0 Å². The van der Waals surface area contributed by atoms with Crippen LogP contribution in [-0.2, 0) is 14.3 Å². The van der Waals surface area contributed by atoms with Crippen molar-refractivity contribution in [3.05, 3.63) is 84.5 Å². The van der Waals surface area contributed by atoms with Gasteiger partial charge in [-0.1, -0.05) is 29.5 Å². The van der Waals surface area contributed by atoms with Crippen LogP contribution < -0.4 is 29.1 Å². The number of ether oxygens (including phenoxy) is 4. The summed E-state index contributed by atoms with van der Waals surface area (Å²) >= 11 is 1.20. The number of fused-ring (bicyclic) bond motifs is 1. The smallest absolute Gasteiger partial charge is 0.338 e. The van der Waals surface area contributed by atoms with Crippen LogP contribution in [0.25, 0.3) is 6.08 Å². The lowest BCUT2D eigenvalue weighted by Gasteiger charge is -2.25. The van der Waals surface area contributed by atoms with E-state index in [4.69, 9.17) is 18.9 Å². The molecule has 3 aromatic rings. The van der Waals surface area contributed by atoms with Gasteiger partial charge in [-0.2, -0.15) is 0 Å². The van der Waals surface area contributed by atoms with Crippen molar-refractivity contribution >= 4 is 29.4 Å². The molecule has 4 rings (SSSR count). The second-order valence-corrected chi connectivity index (χ2v) is 8.86. The van der Waals surface area contributed by atoms with Gasteiger partial charge in [0.1, 0.15) is 5.75 Å². The number of hydrogen-bond donors (Lipinski definition) is 0. The Morgan fingerprint density at radius 3 is 2.47 bits per heavy atom. The van der Waals surface area contributed by atoms with Crippen LogP contribution in [0.5, 0.6) is 17.2 Å². The number of nitrogens with zero attached hydrogens (tertiary/aromatic N) is 2. The minimum absolute atomic E-state index is 0.250. The zero-order valence-corrected chi connectivity index (χ0v) is 21.2. The van der Waals surface area contributed by atoms with Crippen molar-refractivity contribution in [2.75, 3.05) is 21.3 Å². The fraction of sp³-hybridized carbons (Fsp3) is 0.231. The lowest BCUT2D eigenvalue weighted by Crippen LogP contribution is -2.39. The molecule has 0 aliphatic carbocycles. The van der Waals surface area contributed by atoms with Gasteiger partial charge in [0.25, 0.3) is 5.56 Å². The molecule has 0 saturated heterocycles. The molecule has 0 fully saturated rings. The van der Waals surface area contributed by atoms with Gasteiger partial charge in [0, 0.05) is 6.92 Å². The molecule has 1 unspecified atom stereocenters. The van der Waals surface area contributed by atoms with Gasteiger partial charge in [-0.25, -0.2) is 9.79 Å². The number of hydrogen-bond acceptors (Lipinski definition) is 9. The molecule has 1 aliphatic rings. The molecule has 1 atom stereocenters. The topological polar surface area (TPSA) is 105 Å². The SMILES string of the molecule is COC(=O)C1=C(C)N=c2s/c(=C\c3cccc(OC(C)=O)c3)c(=O)n2C1c1ccc(OC)c(OC)c1. The molecule has 0 amide bonds. The minimum atomic E-state index is -0.789. The van der Waals surface area contributed by atoms with Gasteiger partial charge in [0.05, 0.1) is 43.2 Å². The van der Waals surface area contributed by atoms with Crippen LogP contribution in [-0.4, -0.2) is 37.8 Å². The van der Waals surface area contributed by atoms with Crippen LogP contribution >= 0.6 is 11.3 Å². The summed E-state index contributed by atoms with van der Waals surface area (Å²) in [5, 5.41) is 0. The average molecular weight is 509 g/mol. The molecule has 0 N–H and O–H groups in total. The second kappa shape index (κ2) is 10.2. The van der Waals surface area contributed by atoms with Gasteiger partial charge in [0.2, 0.25) is 0 Å². The van der Waals surface area contributed by atoms with Crippen LogP contribution in [0.1, 0.15) is 31.0 Å². The summed E-state index contributed by atoms with van der Waals surface area (Å²) < 4.78 is 22.9. The van der Waals surface area contributed by atoms with E-state index in [9.17, 15) is 14.4 Å². The molecular formula is C26H24N2O7S. The van der Waals surface area contributed by atoms with Gasteiger partial charge in [0.15, 0.2) is 16.3 Å². The average Bonchev–Trinajstić information content (AvgIpc) is 3.16. The number of aromatic nitrogens is 1. The van der Waals surface area contributed by atoms with Crippen LogP contribution in [0.3, 0.4) is 0 Å². The molecule has 2 heterocycles. The predicted molar refractivity (Wildman–Crippen MR) is 133 cm³/mol. The van der Waals surface area contributed by atoms with Crippen molar-refractivity contribution in [2.45, 2.75) is 19.9 Å². The van der Waals surface area contributed by atoms with Gasteiger partial charge >= 0.3 is 11.9 Å². The van der Waals surface area contributed by atoms with Crippen LogP contribution in [0, 0.1) is 0 Å². The van der Waals surface area contributed by atoms with E-state index >= 15 is 0 Å². The molecule has 0 spiro atoms. The summed E-state index contributed by atoms with van der Waals surface area (Å²) in [5.41, 5.74) is 1.68. The van der Waals surface area contributed by atoms with Crippen molar-refractivity contribution < 1.29 is 28.5 Å². The molecule has 10 heteroatoms. The maximum atomic E-state index is 13.7. The van der Waals surface area contributed by atoms with E-state index in [1.54, 1.807) is 55.5 Å². The van der Waals surface area contributed by atoms with Crippen LogP contribution in [0.15, 0.2) is 63.5 Å². The van der Waals surface area contributed by atoms with E-state index in [2.05, 4.69) is 4.99 Å². The standard InChI is InChI=1S/C26H24N2O7S/c1-14-22(25(31)34-5)23(17-9-10-19(32-3)20(13-17)33-4)28-24(30)21(36-26(28)27-14)12-16-7-6-8-18(11-16)35-15(2)29/h6-13,23H,1-5H3/b21-12-. The first-order chi connectivity index (χ1) is 17.3. The van der Waals surface area contributed by atoms with E-state index in [0.29, 0.717) is 43.4 Å². The Hall–Kier alpha value is -4.18. The molecule has 186 valence electrons. The van der Waals surface area contributed by atoms with E-state index in [1.165, 1.54) is 44.2 Å². The Bertz CT molecular complexity index is 1570. The predicted octanol–water partition coefficient (Wildman–Crippen LogP) is 2.35. The first kappa shape index (κ1) is 24.9. The van der Waals surface area contributed by atoms with Crippen molar-refractivity contribution in [3.63, 3.8) is 0 Å². The number of benzene rings is 2. The van der Waals surface area contributed by atoms with E-state index in [1.807, 2.05) is 0 Å². The lowest BCUT2D eigenvalue weighted by atomic mass is 9.95. The summed E-state index contributed by atoms with van der Waals surface area (Å²) in [7, 11) is 4.33. The number of thiazole rings is 1. The van der Waals surface area contributed by atoms with Crippen LogP contribution in [0.4, 0.5) is 0 Å². The molecule has 0 bridgehead atoms. The first-order valence-corrected chi connectivity index (χ1v) is 11.7. The normalized spacial score (nSPS) is 15.1. The minimum Gasteiger partial charge on any atom is -0.493 e. The Balaban J connectivity index is 1.93. The van der Waals surface area contributed by atoms with Gasteiger partial charge in [-0.15, -0.1) is 0 Å². The molecule has 36 heavy (non-hydrogen) atoms. The zero-order valence-electron chi connectivity index (χ0n) is 20.4. The summed E-state index contributed by atoms with van der Waals surface area (Å²) in [6.45, 7) is 3.03. The number of allylic oxidation sites excluding steroid dienone is 1. The summed E-state index contributed by atoms with van der Waals surface area (Å²) in [4.78, 5) is 42.8. The Labute approximate surface area is 210 Å². The highest BCUT2D eigenvalue weighted by atomic mass is 32.1. The Morgan fingerprint density at radius 1 is 1.06 bits per heavy atom. The van der Waals surface area contributed by atoms with Crippen LogP contribution in [0.2, 0.25) is 0 Å². The monoisotopic (exact) mass is 508 g/mol. The largest absolute Gasteiger partial charge is 0.493 e. The Morgan fingerprint density at radius 2 is 1.81 bits per heavy atom. The zero-order chi connectivity index (χ0) is 26.0. The third-order valence-corrected chi connectivity index (χ3v) is 6.55. The lowest BCUT2D eigenvalue weighted by molar-refractivity contribution is -0.136. The van der Waals surface area contributed by atoms with Crippen molar-refractivity contribution in [1.82, 2.24) is 4.57 Å². The van der Waals surface area contributed by atoms with Gasteiger partial charge in [-0.05, 0) is 48.4 Å². The van der Waals surface area contributed by atoms with Gasteiger partial charge < -0.3 is 18.9 Å². The number of rotatable bonds is 6. The second-order valence-electron chi connectivity index (χ2n) is 7.85. The molecule has 9 nitrogen and oxygen atoms in total. The number of esters is 2. The van der Waals surface area contributed by atoms with Crippen molar-refractivity contribution in [3.8, 4) is 17.2 Å². The third kappa shape index (κ3) is 4.67. The summed E-state index contributed by atoms with van der Waals surface area (Å²) in [6, 6.07) is 11.3. The fourth-order valence-corrected chi connectivity index (χ4v) is 5.06. The maximum absolute atomic E-state index is 13.7. The van der Waals surface area contributed by atoms with E-state index in [0.717, 1.165) is 0 Å². The van der Waals surface area contributed by atoms with E-state index < -0.39 is 18.0 Å². The highest BCUT2D eigenvalue weighted by molar-refractivity contribution is 7.07. The summed E-state index contributed by atoms with van der Waals surface area (Å²) in [5.74, 6) is 0.322. The fourth-order valence-electron chi connectivity index (χ4n) is 4.02. The molecule has 2 aromatic carbocycles. The molecule has 0 radical (unpaired) electrons.